The lowest BCUT2D eigenvalue weighted by Gasteiger charge is -2.70. The predicted octanol–water partition coefficient (Wildman–Crippen LogP) is -1.95. The summed E-state index contributed by atoms with van der Waals surface area (Å²) in [6.45, 7) is 4.52. The molecule has 2 saturated heterocycles. The molecule has 5 N–H and O–H groups in total. The molecule has 160 valence electrons. The van der Waals surface area contributed by atoms with Crippen LogP contribution in [0.1, 0.15) is 27.2 Å². The number of aliphatic hydroxyl groups is 5. The fourth-order valence-electron chi connectivity index (χ4n) is 7.56. The van der Waals surface area contributed by atoms with Crippen LogP contribution in [-0.4, -0.2) is 85.6 Å². The van der Waals surface area contributed by atoms with Crippen LogP contribution in [0.5, 0.6) is 0 Å². The largest absolute Gasteiger partial charge is 0.460 e. The molecule has 2 bridgehead atoms. The number of hydrogen-bond donors (Lipinski definition) is 5. The van der Waals surface area contributed by atoms with Crippen LogP contribution in [0.3, 0.4) is 0 Å². The maximum Gasteiger partial charge on any atom is 0.338 e. The zero-order valence-electron chi connectivity index (χ0n) is 16.4. The molecule has 5 rings (SSSR count). The molecule has 9 heteroatoms. The van der Waals surface area contributed by atoms with Gasteiger partial charge in [-0.2, -0.15) is 0 Å². The number of hydrogen-bond acceptors (Lipinski definition) is 9. The average Bonchev–Trinajstić information content (AvgIpc) is 2.85. The number of carbonyl (C=O) groups is 2. The topological polar surface area (TPSA) is 154 Å². The Labute approximate surface area is 166 Å². The van der Waals surface area contributed by atoms with Crippen molar-refractivity contribution in [1.29, 1.82) is 0 Å². The van der Waals surface area contributed by atoms with Gasteiger partial charge in [-0.25, -0.2) is 4.79 Å². The monoisotopic (exact) mass is 410 g/mol. The van der Waals surface area contributed by atoms with E-state index in [1.807, 2.05) is 0 Å². The third kappa shape index (κ3) is 1.70. The second-order valence-corrected chi connectivity index (χ2v) is 9.79. The second kappa shape index (κ2) is 5.27. The smallest absolute Gasteiger partial charge is 0.338 e. The first-order valence-electron chi connectivity index (χ1n) is 9.90. The van der Waals surface area contributed by atoms with Gasteiger partial charge in [0.15, 0.2) is 11.9 Å². The Morgan fingerprint density at radius 1 is 1.10 bits per heavy atom. The molecule has 11 atom stereocenters. The van der Waals surface area contributed by atoms with Gasteiger partial charge in [0.25, 0.3) is 0 Å². The van der Waals surface area contributed by atoms with Gasteiger partial charge < -0.3 is 35.0 Å². The van der Waals surface area contributed by atoms with Crippen molar-refractivity contribution in [2.24, 2.45) is 22.7 Å². The number of rotatable bonds is 0. The Morgan fingerprint density at radius 3 is 2.41 bits per heavy atom. The molecule has 4 fully saturated rings. The van der Waals surface area contributed by atoms with Crippen molar-refractivity contribution in [3.8, 4) is 0 Å². The molecule has 2 aliphatic heterocycles. The summed E-state index contributed by atoms with van der Waals surface area (Å²) in [6.07, 6.45) is -6.07. The molecule has 0 aromatic rings. The molecule has 0 aromatic heterocycles. The van der Waals surface area contributed by atoms with E-state index in [0.717, 1.165) is 0 Å². The third-order valence-corrected chi connectivity index (χ3v) is 8.96. The summed E-state index contributed by atoms with van der Waals surface area (Å²) in [5, 5.41) is 55.8. The first-order valence-corrected chi connectivity index (χ1v) is 9.90. The van der Waals surface area contributed by atoms with Crippen molar-refractivity contribution in [1.82, 2.24) is 0 Å². The molecular formula is C20H26O9. The number of esters is 1. The minimum absolute atomic E-state index is 0.183. The molecule has 0 amide bonds. The number of carbonyl (C=O) groups excluding carboxylic acids is 2. The molecule has 9 nitrogen and oxygen atoms in total. The highest BCUT2D eigenvalue weighted by Gasteiger charge is 2.88. The van der Waals surface area contributed by atoms with E-state index in [2.05, 4.69) is 0 Å². The number of ether oxygens (including phenoxy) is 2. The lowest BCUT2D eigenvalue weighted by molar-refractivity contribution is -0.351. The number of aliphatic hydroxyl groups excluding tert-OH is 4. The summed E-state index contributed by atoms with van der Waals surface area (Å²) in [5.74, 6) is -3.08. The van der Waals surface area contributed by atoms with Gasteiger partial charge in [-0.05, 0) is 32.3 Å². The highest BCUT2D eigenvalue weighted by Crippen LogP contribution is 2.73. The van der Waals surface area contributed by atoms with Crippen LogP contribution in [0, 0.1) is 22.7 Å². The molecule has 5 aliphatic rings. The van der Waals surface area contributed by atoms with Gasteiger partial charge in [-0.15, -0.1) is 0 Å². The van der Waals surface area contributed by atoms with E-state index in [1.165, 1.54) is 13.0 Å². The molecule has 0 aromatic carbocycles. The van der Waals surface area contributed by atoms with Gasteiger partial charge in [0, 0.05) is 11.3 Å². The van der Waals surface area contributed by atoms with Gasteiger partial charge in [-0.3, -0.25) is 4.79 Å². The van der Waals surface area contributed by atoms with Gasteiger partial charge in [-0.1, -0.05) is 12.5 Å². The van der Waals surface area contributed by atoms with Crippen LogP contribution in [0.4, 0.5) is 0 Å². The van der Waals surface area contributed by atoms with Gasteiger partial charge in [0.05, 0.1) is 18.1 Å². The fourth-order valence-corrected chi connectivity index (χ4v) is 7.56. The zero-order valence-corrected chi connectivity index (χ0v) is 16.4. The summed E-state index contributed by atoms with van der Waals surface area (Å²) < 4.78 is 11.4. The second-order valence-electron chi connectivity index (χ2n) is 9.79. The fraction of sp³-hybridized carbons (Fsp3) is 0.800. The van der Waals surface area contributed by atoms with Crippen LogP contribution >= 0.6 is 0 Å². The highest BCUT2D eigenvalue weighted by molar-refractivity contribution is 5.96. The third-order valence-electron chi connectivity index (χ3n) is 8.96. The van der Waals surface area contributed by atoms with E-state index in [9.17, 15) is 35.1 Å². The Kier molecular flexibility index (Phi) is 3.56. The van der Waals surface area contributed by atoms with E-state index in [1.54, 1.807) is 13.8 Å². The summed E-state index contributed by atoms with van der Waals surface area (Å²) in [7, 11) is 0. The summed E-state index contributed by atoms with van der Waals surface area (Å²) in [5.41, 5.74) is -6.22. The molecule has 2 saturated carbocycles. The summed E-state index contributed by atoms with van der Waals surface area (Å²) >= 11 is 0. The van der Waals surface area contributed by atoms with Crippen molar-refractivity contribution in [3.63, 3.8) is 0 Å². The van der Waals surface area contributed by atoms with Crippen molar-refractivity contribution in [2.45, 2.75) is 68.9 Å². The van der Waals surface area contributed by atoms with Crippen LogP contribution in [0.15, 0.2) is 11.6 Å². The Balaban J connectivity index is 1.83. The molecule has 7 unspecified atom stereocenters. The van der Waals surface area contributed by atoms with Crippen molar-refractivity contribution >= 4 is 11.8 Å². The highest BCUT2D eigenvalue weighted by atomic mass is 16.6. The number of fused-ring (bicyclic) bond motifs is 2. The van der Waals surface area contributed by atoms with Gasteiger partial charge in [0.1, 0.15) is 29.5 Å². The van der Waals surface area contributed by atoms with Crippen molar-refractivity contribution < 1.29 is 44.6 Å². The van der Waals surface area contributed by atoms with Crippen LogP contribution in [-0.2, 0) is 19.1 Å². The maximum atomic E-state index is 12.5. The predicted molar refractivity (Wildman–Crippen MR) is 94.1 cm³/mol. The standard InChI is InChI=1S/C20H26O9/c1-7-4-9(21)13(23)17(2)8(7)5-10-19-6-28-18(3,14(24)11(22)12(17)19)20(19,27)15(25)16(26)29-10/h4,8,10-15,22-25,27H,5-6H2,1-3H3/t8?,10?,11?,12?,13?,14?,15?,17-,18+,19+,20+/m0/s1. The zero-order chi connectivity index (χ0) is 21.3. The Hall–Kier alpha value is -1.36. The first kappa shape index (κ1) is 19.6. The SMILES string of the molecule is CC1=CC(=O)C(O)[C@@]2(C)C1CC1OC(=O)C(O)[C@]3(O)[C@]14CO[C@]3(C)C(O)C(O)C24. The Bertz CT molecular complexity index is 855. The maximum absolute atomic E-state index is 12.5. The summed E-state index contributed by atoms with van der Waals surface area (Å²) in [6, 6.07) is 0. The van der Waals surface area contributed by atoms with Crippen LogP contribution in [0.2, 0.25) is 0 Å². The average molecular weight is 410 g/mol. The molecular weight excluding hydrogens is 384 g/mol. The molecule has 0 radical (unpaired) electrons. The first-order chi connectivity index (χ1) is 13.4. The quantitative estimate of drug-likeness (QED) is 0.287. The molecule has 1 spiro atoms. The lowest BCUT2D eigenvalue weighted by atomic mass is 9.36. The number of allylic oxidation sites excluding steroid dienone is 1. The van der Waals surface area contributed by atoms with Crippen molar-refractivity contribution in [2.75, 3.05) is 6.61 Å². The van der Waals surface area contributed by atoms with E-state index in [-0.39, 0.29) is 13.0 Å². The normalized spacial score (nSPS) is 60.8. The van der Waals surface area contributed by atoms with E-state index >= 15 is 0 Å². The van der Waals surface area contributed by atoms with E-state index in [0.29, 0.717) is 5.57 Å². The van der Waals surface area contributed by atoms with Crippen molar-refractivity contribution in [3.05, 3.63) is 11.6 Å². The molecule has 29 heavy (non-hydrogen) atoms. The summed E-state index contributed by atoms with van der Waals surface area (Å²) in [4.78, 5) is 25.0. The van der Waals surface area contributed by atoms with Gasteiger partial charge >= 0.3 is 5.97 Å². The molecule has 3 aliphatic carbocycles. The van der Waals surface area contributed by atoms with E-state index in [4.69, 9.17) is 9.47 Å². The Morgan fingerprint density at radius 2 is 1.76 bits per heavy atom. The molecule has 2 heterocycles. The minimum Gasteiger partial charge on any atom is -0.460 e. The van der Waals surface area contributed by atoms with E-state index < -0.39 is 76.1 Å². The van der Waals surface area contributed by atoms with Gasteiger partial charge in [0.2, 0.25) is 0 Å². The van der Waals surface area contributed by atoms with Crippen LogP contribution < -0.4 is 0 Å². The number of ketones is 1. The van der Waals surface area contributed by atoms with Crippen LogP contribution in [0.25, 0.3) is 0 Å². The minimum atomic E-state index is -2.27. The lowest BCUT2D eigenvalue weighted by Crippen LogP contribution is -2.86.